The third-order valence-corrected chi connectivity index (χ3v) is 3.72. The lowest BCUT2D eigenvalue weighted by atomic mass is 10.3. The Kier molecular flexibility index (Phi) is 3.52. The molecule has 102 valence electrons. The van der Waals surface area contributed by atoms with Crippen molar-refractivity contribution in [3.05, 3.63) is 48.3 Å². The van der Waals surface area contributed by atoms with Gasteiger partial charge in [0.15, 0.2) is 5.13 Å². The maximum atomic E-state index is 13.1. The third kappa shape index (κ3) is 2.72. The van der Waals surface area contributed by atoms with E-state index in [4.69, 9.17) is 4.74 Å². The summed E-state index contributed by atoms with van der Waals surface area (Å²) in [6.07, 6.45) is 0. The fourth-order valence-electron chi connectivity index (χ4n) is 1.88. The summed E-state index contributed by atoms with van der Waals surface area (Å²) in [6, 6.07) is 12.3. The topological polar surface area (TPSA) is 34.1 Å². The molecule has 1 heterocycles. The van der Waals surface area contributed by atoms with Gasteiger partial charge >= 0.3 is 0 Å². The summed E-state index contributed by atoms with van der Waals surface area (Å²) >= 11 is 1.50. The average Bonchev–Trinajstić information content (AvgIpc) is 2.82. The van der Waals surface area contributed by atoms with Gasteiger partial charge in [0.2, 0.25) is 0 Å². The van der Waals surface area contributed by atoms with Crippen molar-refractivity contribution in [3.8, 4) is 5.75 Å². The normalized spacial score (nSPS) is 10.7. The number of benzene rings is 2. The molecular weight excluding hydrogens is 275 g/mol. The van der Waals surface area contributed by atoms with E-state index < -0.39 is 0 Å². The molecule has 1 N–H and O–H groups in total. The summed E-state index contributed by atoms with van der Waals surface area (Å²) in [5.41, 5.74) is 1.59. The van der Waals surface area contributed by atoms with Crippen LogP contribution in [0.3, 0.4) is 0 Å². The monoisotopic (exact) mass is 288 g/mol. The first-order valence-corrected chi connectivity index (χ1v) is 7.12. The summed E-state index contributed by atoms with van der Waals surface area (Å²) in [4.78, 5) is 4.36. The van der Waals surface area contributed by atoms with E-state index in [9.17, 15) is 4.39 Å². The van der Waals surface area contributed by atoms with Crippen molar-refractivity contribution in [1.29, 1.82) is 0 Å². The molecule has 0 saturated heterocycles. The minimum atomic E-state index is -0.268. The lowest BCUT2D eigenvalue weighted by Gasteiger charge is -2.05. The lowest BCUT2D eigenvalue weighted by molar-refractivity contribution is 0.340. The predicted molar refractivity (Wildman–Crippen MR) is 80.5 cm³/mol. The molecule has 0 unspecified atom stereocenters. The van der Waals surface area contributed by atoms with Crippen LogP contribution in [0.2, 0.25) is 0 Å². The molecule has 3 rings (SSSR count). The van der Waals surface area contributed by atoms with E-state index in [1.165, 1.54) is 23.5 Å². The van der Waals surface area contributed by atoms with Gasteiger partial charge in [-0.25, -0.2) is 9.37 Å². The van der Waals surface area contributed by atoms with Gasteiger partial charge in [-0.15, -0.1) is 0 Å². The van der Waals surface area contributed by atoms with Crippen LogP contribution in [0.4, 0.5) is 15.2 Å². The van der Waals surface area contributed by atoms with Gasteiger partial charge in [-0.2, -0.15) is 0 Å². The van der Waals surface area contributed by atoms with Crippen LogP contribution >= 0.6 is 11.3 Å². The zero-order valence-corrected chi connectivity index (χ0v) is 11.7. The van der Waals surface area contributed by atoms with Crippen LogP contribution < -0.4 is 10.1 Å². The first-order valence-electron chi connectivity index (χ1n) is 6.30. The van der Waals surface area contributed by atoms with Crippen molar-refractivity contribution in [2.45, 2.75) is 6.92 Å². The number of fused-ring (bicyclic) bond motifs is 1. The van der Waals surface area contributed by atoms with Gasteiger partial charge in [0.1, 0.15) is 11.6 Å². The Morgan fingerprint density at radius 1 is 1.20 bits per heavy atom. The molecule has 0 radical (unpaired) electrons. The number of halogens is 1. The van der Waals surface area contributed by atoms with E-state index in [1.807, 2.05) is 31.2 Å². The van der Waals surface area contributed by atoms with E-state index in [2.05, 4.69) is 10.3 Å². The number of hydrogen-bond acceptors (Lipinski definition) is 4. The zero-order chi connectivity index (χ0) is 13.9. The van der Waals surface area contributed by atoms with Crippen molar-refractivity contribution in [3.63, 3.8) is 0 Å². The van der Waals surface area contributed by atoms with Crippen LogP contribution in [-0.2, 0) is 0 Å². The van der Waals surface area contributed by atoms with E-state index in [0.29, 0.717) is 12.1 Å². The number of aromatic nitrogens is 1. The maximum Gasteiger partial charge on any atom is 0.188 e. The smallest absolute Gasteiger partial charge is 0.188 e. The van der Waals surface area contributed by atoms with E-state index in [-0.39, 0.29) is 5.82 Å². The second-order valence-corrected chi connectivity index (χ2v) is 5.24. The highest BCUT2D eigenvalue weighted by atomic mass is 32.1. The van der Waals surface area contributed by atoms with E-state index in [0.717, 1.165) is 21.3 Å². The minimum Gasteiger partial charge on any atom is -0.494 e. The summed E-state index contributed by atoms with van der Waals surface area (Å²) in [6.45, 7) is 2.60. The molecule has 3 nitrogen and oxygen atoms in total. The molecular formula is C15H13FN2OS. The second kappa shape index (κ2) is 5.46. The summed E-state index contributed by atoms with van der Waals surface area (Å²) in [5.74, 6) is 0.569. The van der Waals surface area contributed by atoms with Crippen molar-refractivity contribution in [2.75, 3.05) is 11.9 Å². The van der Waals surface area contributed by atoms with Gasteiger partial charge < -0.3 is 10.1 Å². The molecule has 5 heteroatoms. The zero-order valence-electron chi connectivity index (χ0n) is 10.9. The maximum absolute atomic E-state index is 13.1. The molecule has 0 amide bonds. The molecule has 0 aliphatic heterocycles. The SMILES string of the molecule is CCOc1ccc(Nc2nc3cc(F)ccc3s2)cc1. The van der Waals surface area contributed by atoms with Crippen molar-refractivity contribution < 1.29 is 9.13 Å². The molecule has 2 aromatic carbocycles. The average molecular weight is 288 g/mol. The molecule has 1 aromatic heterocycles. The molecule has 0 aliphatic carbocycles. The van der Waals surface area contributed by atoms with E-state index in [1.54, 1.807) is 6.07 Å². The standard InChI is InChI=1S/C15H13FN2OS/c1-2-19-12-6-4-11(5-7-12)17-15-18-13-9-10(16)3-8-14(13)20-15/h3-9H,2H2,1H3,(H,17,18). The number of ether oxygens (including phenoxy) is 1. The quantitative estimate of drug-likeness (QED) is 0.763. The van der Waals surface area contributed by atoms with Crippen molar-refractivity contribution in [1.82, 2.24) is 4.98 Å². The molecule has 0 fully saturated rings. The number of rotatable bonds is 4. The summed E-state index contributed by atoms with van der Waals surface area (Å²) in [5, 5.41) is 3.96. The van der Waals surface area contributed by atoms with Crippen LogP contribution in [0, 0.1) is 5.82 Å². The summed E-state index contributed by atoms with van der Waals surface area (Å²) in [7, 11) is 0. The lowest BCUT2D eigenvalue weighted by Crippen LogP contribution is -1.92. The molecule has 0 aliphatic rings. The Bertz CT molecular complexity index is 724. The van der Waals surface area contributed by atoms with E-state index >= 15 is 0 Å². The van der Waals surface area contributed by atoms with Crippen LogP contribution in [-0.4, -0.2) is 11.6 Å². The van der Waals surface area contributed by atoms with Crippen LogP contribution in [0.5, 0.6) is 5.75 Å². The van der Waals surface area contributed by atoms with Gasteiger partial charge in [0.05, 0.1) is 16.8 Å². The van der Waals surface area contributed by atoms with Crippen molar-refractivity contribution in [2.24, 2.45) is 0 Å². The Hall–Kier alpha value is -2.14. The molecule has 20 heavy (non-hydrogen) atoms. The third-order valence-electron chi connectivity index (χ3n) is 2.77. The number of nitrogens with one attached hydrogen (secondary N) is 1. The number of thiazole rings is 1. The van der Waals surface area contributed by atoms with Gasteiger partial charge in [0, 0.05) is 11.8 Å². The second-order valence-electron chi connectivity index (χ2n) is 4.21. The van der Waals surface area contributed by atoms with Crippen molar-refractivity contribution >= 4 is 32.4 Å². The number of anilines is 2. The fraction of sp³-hybridized carbons (Fsp3) is 0.133. The highest BCUT2D eigenvalue weighted by Gasteiger charge is 2.05. The highest BCUT2D eigenvalue weighted by molar-refractivity contribution is 7.22. The largest absolute Gasteiger partial charge is 0.494 e. The van der Waals surface area contributed by atoms with Gasteiger partial charge in [0.25, 0.3) is 0 Å². The van der Waals surface area contributed by atoms with Crippen LogP contribution in [0.1, 0.15) is 6.92 Å². The Labute approximate surface area is 120 Å². The number of nitrogens with zero attached hydrogens (tertiary/aromatic N) is 1. The molecule has 3 aromatic rings. The first-order chi connectivity index (χ1) is 9.74. The molecule has 0 spiro atoms. The Morgan fingerprint density at radius 3 is 2.75 bits per heavy atom. The summed E-state index contributed by atoms with van der Waals surface area (Å²) < 4.78 is 19.5. The predicted octanol–water partition coefficient (Wildman–Crippen LogP) is 4.58. The molecule has 0 atom stereocenters. The van der Waals surface area contributed by atoms with Gasteiger partial charge in [-0.1, -0.05) is 11.3 Å². The highest BCUT2D eigenvalue weighted by Crippen LogP contribution is 2.29. The van der Waals surface area contributed by atoms with Gasteiger partial charge in [-0.05, 0) is 43.3 Å². The molecule has 0 bridgehead atoms. The molecule has 0 saturated carbocycles. The Balaban J connectivity index is 1.81. The minimum absolute atomic E-state index is 0.268. The van der Waals surface area contributed by atoms with Gasteiger partial charge in [-0.3, -0.25) is 0 Å². The first kappa shape index (κ1) is 12.9. The van der Waals surface area contributed by atoms with Crippen LogP contribution in [0.25, 0.3) is 10.2 Å². The Morgan fingerprint density at radius 2 is 2.00 bits per heavy atom. The number of hydrogen-bond donors (Lipinski definition) is 1. The van der Waals surface area contributed by atoms with Crippen LogP contribution in [0.15, 0.2) is 42.5 Å². The fourth-order valence-corrected chi connectivity index (χ4v) is 2.75.